The van der Waals surface area contributed by atoms with Gasteiger partial charge in [-0.15, -0.1) is 11.3 Å². The fraction of sp³-hybridized carbons (Fsp3) is 0.261. The number of anilines is 1. The molecule has 0 spiro atoms. The van der Waals surface area contributed by atoms with E-state index >= 15 is 0 Å². The van der Waals surface area contributed by atoms with Crippen molar-refractivity contribution in [2.45, 2.75) is 20.4 Å². The SMILES string of the molecule is CCOC(=O)c1ccc(-c2csc(NC(=O)C[NH+](CC)Cc3ccccc3)n2)cc1. The summed E-state index contributed by atoms with van der Waals surface area (Å²) in [6, 6.07) is 17.3. The van der Waals surface area contributed by atoms with Gasteiger partial charge in [-0.2, -0.15) is 0 Å². The number of aromatic nitrogens is 1. The van der Waals surface area contributed by atoms with E-state index < -0.39 is 0 Å². The third-order valence-electron chi connectivity index (χ3n) is 4.65. The lowest BCUT2D eigenvalue weighted by molar-refractivity contribution is -0.903. The Bertz CT molecular complexity index is 971. The largest absolute Gasteiger partial charge is 0.462 e. The quantitative estimate of drug-likeness (QED) is 0.518. The van der Waals surface area contributed by atoms with Crippen molar-refractivity contribution < 1.29 is 19.2 Å². The Morgan fingerprint density at radius 1 is 1.07 bits per heavy atom. The highest BCUT2D eigenvalue weighted by Gasteiger charge is 2.15. The lowest BCUT2D eigenvalue weighted by Gasteiger charge is -2.16. The molecule has 3 aromatic rings. The molecule has 0 bridgehead atoms. The highest BCUT2D eigenvalue weighted by Crippen LogP contribution is 2.25. The van der Waals surface area contributed by atoms with Crippen LogP contribution in [0.5, 0.6) is 0 Å². The third kappa shape index (κ3) is 5.98. The minimum absolute atomic E-state index is 0.0543. The van der Waals surface area contributed by atoms with E-state index in [-0.39, 0.29) is 11.9 Å². The first-order valence-corrected chi connectivity index (χ1v) is 10.9. The van der Waals surface area contributed by atoms with Gasteiger partial charge in [0.1, 0.15) is 6.54 Å². The summed E-state index contributed by atoms with van der Waals surface area (Å²) in [6.07, 6.45) is 0. The molecule has 0 aliphatic rings. The number of nitrogens with one attached hydrogen (secondary N) is 2. The zero-order valence-electron chi connectivity index (χ0n) is 17.2. The fourth-order valence-corrected chi connectivity index (χ4v) is 3.78. The normalized spacial score (nSPS) is 11.7. The van der Waals surface area contributed by atoms with E-state index in [9.17, 15) is 9.59 Å². The predicted molar refractivity (Wildman–Crippen MR) is 119 cm³/mol. The summed E-state index contributed by atoms with van der Waals surface area (Å²) in [5.74, 6) is -0.393. The van der Waals surface area contributed by atoms with Crippen molar-refractivity contribution in [1.29, 1.82) is 0 Å². The molecule has 156 valence electrons. The third-order valence-corrected chi connectivity index (χ3v) is 5.41. The number of nitrogens with zero attached hydrogens (tertiary/aromatic N) is 1. The lowest BCUT2D eigenvalue weighted by atomic mass is 10.1. The Labute approximate surface area is 180 Å². The maximum absolute atomic E-state index is 12.5. The summed E-state index contributed by atoms with van der Waals surface area (Å²) < 4.78 is 5.00. The number of thiazole rings is 1. The number of likely N-dealkylation sites (N-methyl/N-ethyl adjacent to an activating group) is 1. The minimum Gasteiger partial charge on any atom is -0.462 e. The van der Waals surface area contributed by atoms with Gasteiger partial charge in [-0.1, -0.05) is 42.5 Å². The van der Waals surface area contributed by atoms with Crippen LogP contribution >= 0.6 is 11.3 Å². The Hall–Kier alpha value is -3.03. The van der Waals surface area contributed by atoms with Crippen molar-refractivity contribution in [2.75, 3.05) is 25.0 Å². The van der Waals surface area contributed by atoms with Crippen molar-refractivity contribution in [3.8, 4) is 11.3 Å². The monoisotopic (exact) mass is 424 g/mol. The summed E-state index contributed by atoms with van der Waals surface area (Å²) >= 11 is 1.39. The number of ether oxygens (including phenoxy) is 1. The van der Waals surface area contributed by atoms with Crippen LogP contribution in [-0.4, -0.2) is 36.6 Å². The molecule has 3 rings (SSSR count). The Balaban J connectivity index is 1.58. The van der Waals surface area contributed by atoms with Crippen molar-refractivity contribution >= 4 is 28.3 Å². The molecule has 0 aliphatic heterocycles. The first-order chi connectivity index (χ1) is 14.6. The Morgan fingerprint density at radius 2 is 1.80 bits per heavy atom. The van der Waals surface area contributed by atoms with E-state index in [4.69, 9.17) is 4.74 Å². The van der Waals surface area contributed by atoms with Gasteiger partial charge in [0.25, 0.3) is 5.91 Å². The van der Waals surface area contributed by atoms with Crippen molar-refractivity contribution in [1.82, 2.24) is 4.98 Å². The fourth-order valence-electron chi connectivity index (χ4n) is 3.04. The second-order valence-corrected chi connectivity index (χ2v) is 7.68. The molecule has 30 heavy (non-hydrogen) atoms. The van der Waals surface area contributed by atoms with E-state index in [0.29, 0.717) is 23.8 Å². The predicted octanol–water partition coefficient (Wildman–Crippen LogP) is 3.03. The van der Waals surface area contributed by atoms with Crippen LogP contribution in [0.1, 0.15) is 29.8 Å². The smallest absolute Gasteiger partial charge is 0.338 e. The van der Waals surface area contributed by atoms with Crippen molar-refractivity contribution in [3.05, 3.63) is 71.1 Å². The first-order valence-electron chi connectivity index (χ1n) is 9.99. The van der Waals surface area contributed by atoms with Crippen molar-refractivity contribution in [2.24, 2.45) is 0 Å². The molecule has 6 nitrogen and oxygen atoms in total. The summed E-state index contributed by atoms with van der Waals surface area (Å²) in [6.45, 7) is 6.25. The molecular formula is C23H26N3O3S+. The van der Waals surface area contributed by atoms with Crippen LogP contribution in [0.25, 0.3) is 11.3 Å². The average molecular weight is 425 g/mol. The number of benzene rings is 2. The van der Waals surface area contributed by atoms with Gasteiger partial charge in [0.2, 0.25) is 0 Å². The van der Waals surface area contributed by atoms with Gasteiger partial charge >= 0.3 is 5.97 Å². The second-order valence-electron chi connectivity index (χ2n) is 6.83. The molecule has 1 heterocycles. The first kappa shape index (κ1) is 21.7. The van der Waals surface area contributed by atoms with Crippen LogP contribution in [0, 0.1) is 0 Å². The maximum atomic E-state index is 12.5. The molecule has 0 saturated carbocycles. The van der Waals surface area contributed by atoms with Gasteiger partial charge in [0.15, 0.2) is 11.7 Å². The second kappa shape index (κ2) is 10.7. The van der Waals surface area contributed by atoms with Gasteiger partial charge < -0.3 is 9.64 Å². The van der Waals surface area contributed by atoms with E-state index in [1.165, 1.54) is 21.8 Å². The number of amides is 1. The number of rotatable bonds is 9. The highest BCUT2D eigenvalue weighted by atomic mass is 32.1. The van der Waals surface area contributed by atoms with E-state index in [0.717, 1.165) is 24.3 Å². The van der Waals surface area contributed by atoms with Gasteiger partial charge in [-0.05, 0) is 26.0 Å². The van der Waals surface area contributed by atoms with Crippen LogP contribution in [0.2, 0.25) is 0 Å². The Morgan fingerprint density at radius 3 is 2.47 bits per heavy atom. The molecule has 0 aliphatic carbocycles. The van der Waals surface area contributed by atoms with Gasteiger partial charge in [0, 0.05) is 16.5 Å². The number of hydrogen-bond acceptors (Lipinski definition) is 5. The molecule has 1 atom stereocenters. The molecule has 0 saturated heterocycles. The molecular weight excluding hydrogens is 398 g/mol. The van der Waals surface area contributed by atoms with Gasteiger partial charge in [0.05, 0.1) is 24.4 Å². The molecule has 2 N–H and O–H groups in total. The van der Waals surface area contributed by atoms with Crippen LogP contribution in [0.4, 0.5) is 5.13 Å². The summed E-state index contributed by atoms with van der Waals surface area (Å²) in [4.78, 5) is 29.9. The Kier molecular flexibility index (Phi) is 7.70. The highest BCUT2D eigenvalue weighted by molar-refractivity contribution is 7.14. The molecule has 1 unspecified atom stereocenters. The van der Waals surface area contributed by atoms with E-state index in [1.54, 1.807) is 19.1 Å². The van der Waals surface area contributed by atoms with Crippen LogP contribution in [-0.2, 0) is 16.1 Å². The minimum atomic E-state index is -0.339. The zero-order chi connectivity index (χ0) is 21.3. The van der Waals surface area contributed by atoms with Crippen molar-refractivity contribution in [3.63, 3.8) is 0 Å². The van der Waals surface area contributed by atoms with E-state index in [2.05, 4.69) is 29.4 Å². The molecule has 1 aromatic heterocycles. The standard InChI is InChI=1S/C23H25N3O3S/c1-3-26(14-17-8-6-5-7-9-17)15-21(27)25-23-24-20(16-30-23)18-10-12-19(13-11-18)22(28)29-4-2/h5-13,16H,3-4,14-15H2,1-2H3,(H,24,25,27)/p+1. The molecule has 0 radical (unpaired) electrons. The van der Waals surface area contributed by atoms with Gasteiger partial charge in [-0.25, -0.2) is 9.78 Å². The van der Waals surface area contributed by atoms with Crippen LogP contribution < -0.4 is 10.2 Å². The maximum Gasteiger partial charge on any atom is 0.338 e. The number of carbonyl (C=O) groups excluding carboxylic acids is 2. The zero-order valence-corrected chi connectivity index (χ0v) is 18.0. The average Bonchev–Trinajstić information content (AvgIpc) is 3.22. The molecule has 0 fully saturated rings. The topological polar surface area (TPSA) is 72.7 Å². The number of esters is 1. The van der Waals surface area contributed by atoms with Crippen LogP contribution in [0.15, 0.2) is 60.0 Å². The summed E-state index contributed by atoms with van der Waals surface area (Å²) in [7, 11) is 0. The molecule has 2 aromatic carbocycles. The summed E-state index contributed by atoms with van der Waals surface area (Å²) in [5.41, 5.74) is 3.36. The van der Waals surface area contributed by atoms with Crippen LogP contribution in [0.3, 0.4) is 0 Å². The number of quaternary nitrogens is 1. The number of carbonyl (C=O) groups is 2. The van der Waals surface area contributed by atoms with Gasteiger partial charge in [-0.3, -0.25) is 10.1 Å². The molecule has 7 heteroatoms. The number of hydrogen-bond donors (Lipinski definition) is 2. The molecule has 1 amide bonds. The van der Waals surface area contributed by atoms with E-state index in [1.807, 2.05) is 35.7 Å². The lowest BCUT2D eigenvalue weighted by Crippen LogP contribution is -3.11. The summed E-state index contributed by atoms with van der Waals surface area (Å²) in [5, 5.41) is 5.36.